The van der Waals surface area contributed by atoms with Crippen LogP contribution in [0, 0.1) is 6.92 Å². The Morgan fingerprint density at radius 2 is 2.05 bits per heavy atom. The van der Waals surface area contributed by atoms with Crippen molar-refractivity contribution in [1.29, 1.82) is 0 Å². The summed E-state index contributed by atoms with van der Waals surface area (Å²) in [6.07, 6.45) is 1.62. The Balaban J connectivity index is 1.86. The number of aryl methyl sites for hydroxylation is 1. The van der Waals surface area contributed by atoms with E-state index in [1.54, 1.807) is 30.0 Å². The first-order valence-electron chi connectivity index (χ1n) is 6.11. The van der Waals surface area contributed by atoms with E-state index in [2.05, 4.69) is 13.0 Å². The Labute approximate surface area is 117 Å². The van der Waals surface area contributed by atoms with Gasteiger partial charge in [0.2, 0.25) is 5.91 Å². The number of nitrogens with zero attached hydrogens (tertiary/aromatic N) is 1. The molecular weight excluding hydrogens is 258 g/mol. The van der Waals surface area contributed by atoms with Crippen LogP contribution in [-0.2, 0) is 11.3 Å². The summed E-state index contributed by atoms with van der Waals surface area (Å²) >= 11 is 1.57. The smallest absolute Gasteiger partial charge is 0.233 e. The quantitative estimate of drug-likeness (QED) is 0.785. The molecule has 0 bridgehead atoms. The Kier molecular flexibility index (Phi) is 4.68. The highest BCUT2D eigenvalue weighted by Gasteiger charge is 2.11. The maximum absolute atomic E-state index is 12.0. The summed E-state index contributed by atoms with van der Waals surface area (Å²) in [5.41, 5.74) is 1.20. The number of amides is 1. The van der Waals surface area contributed by atoms with Gasteiger partial charge in [0.05, 0.1) is 18.6 Å². The molecular formula is C15H17NO2S. The predicted octanol–water partition coefficient (Wildman–Crippen LogP) is 3.34. The summed E-state index contributed by atoms with van der Waals surface area (Å²) in [4.78, 5) is 14.9. The lowest BCUT2D eigenvalue weighted by atomic mass is 10.2. The molecule has 2 rings (SSSR count). The molecule has 0 N–H and O–H groups in total. The van der Waals surface area contributed by atoms with E-state index >= 15 is 0 Å². The molecule has 0 saturated carbocycles. The predicted molar refractivity (Wildman–Crippen MR) is 77.1 cm³/mol. The van der Waals surface area contributed by atoms with E-state index in [1.807, 2.05) is 30.3 Å². The molecule has 0 unspecified atom stereocenters. The van der Waals surface area contributed by atoms with Crippen LogP contribution in [0.4, 0.5) is 0 Å². The molecule has 0 spiro atoms. The Bertz CT molecular complexity index is 537. The van der Waals surface area contributed by atoms with Crippen molar-refractivity contribution >= 4 is 17.7 Å². The maximum Gasteiger partial charge on any atom is 0.233 e. The highest BCUT2D eigenvalue weighted by atomic mass is 32.2. The number of furan rings is 1. The fourth-order valence-corrected chi connectivity index (χ4v) is 2.66. The highest BCUT2D eigenvalue weighted by molar-refractivity contribution is 8.00. The van der Waals surface area contributed by atoms with Crippen LogP contribution in [0.1, 0.15) is 11.3 Å². The van der Waals surface area contributed by atoms with Crippen molar-refractivity contribution in [1.82, 2.24) is 4.90 Å². The van der Waals surface area contributed by atoms with E-state index in [0.29, 0.717) is 12.3 Å². The van der Waals surface area contributed by atoms with E-state index in [0.717, 1.165) is 10.7 Å². The average molecular weight is 275 g/mol. The normalized spacial score (nSPS) is 10.4. The summed E-state index contributed by atoms with van der Waals surface area (Å²) in [7, 11) is 1.79. The fraction of sp³-hybridized carbons (Fsp3) is 0.267. The number of thioether (sulfide) groups is 1. The molecule has 0 aliphatic heterocycles. The van der Waals surface area contributed by atoms with Gasteiger partial charge in [0.25, 0.3) is 0 Å². The molecule has 19 heavy (non-hydrogen) atoms. The van der Waals surface area contributed by atoms with Crippen molar-refractivity contribution < 1.29 is 9.21 Å². The van der Waals surface area contributed by atoms with Gasteiger partial charge in [-0.3, -0.25) is 4.79 Å². The third-order valence-corrected chi connectivity index (χ3v) is 4.00. The van der Waals surface area contributed by atoms with E-state index < -0.39 is 0 Å². The largest absolute Gasteiger partial charge is 0.467 e. The van der Waals surface area contributed by atoms with Crippen LogP contribution in [0.25, 0.3) is 0 Å². The number of hydrogen-bond acceptors (Lipinski definition) is 3. The lowest BCUT2D eigenvalue weighted by Crippen LogP contribution is -2.27. The topological polar surface area (TPSA) is 33.5 Å². The molecule has 4 heteroatoms. The molecule has 1 aromatic carbocycles. The van der Waals surface area contributed by atoms with Gasteiger partial charge in [-0.05, 0) is 30.7 Å². The molecule has 1 amide bonds. The second-order valence-electron chi connectivity index (χ2n) is 4.38. The molecule has 2 aromatic rings. The minimum atomic E-state index is 0.102. The summed E-state index contributed by atoms with van der Waals surface area (Å²) in [6, 6.07) is 11.8. The van der Waals surface area contributed by atoms with Gasteiger partial charge in [-0.25, -0.2) is 0 Å². The lowest BCUT2D eigenvalue weighted by molar-refractivity contribution is -0.127. The number of carbonyl (C=O) groups is 1. The van der Waals surface area contributed by atoms with E-state index in [4.69, 9.17) is 4.42 Å². The van der Waals surface area contributed by atoms with Crippen molar-refractivity contribution in [2.45, 2.75) is 18.4 Å². The Hall–Kier alpha value is -1.68. The van der Waals surface area contributed by atoms with Gasteiger partial charge in [-0.15, -0.1) is 11.8 Å². The Morgan fingerprint density at radius 3 is 2.74 bits per heavy atom. The van der Waals surface area contributed by atoms with E-state index in [-0.39, 0.29) is 5.91 Å². The zero-order chi connectivity index (χ0) is 13.7. The van der Waals surface area contributed by atoms with Gasteiger partial charge in [-0.1, -0.05) is 18.2 Å². The fourth-order valence-electron chi connectivity index (χ4n) is 1.69. The highest BCUT2D eigenvalue weighted by Crippen LogP contribution is 2.22. The minimum Gasteiger partial charge on any atom is -0.467 e. The first-order chi connectivity index (χ1) is 9.16. The summed E-state index contributed by atoms with van der Waals surface area (Å²) < 4.78 is 5.24. The number of hydrogen-bond donors (Lipinski definition) is 0. The van der Waals surface area contributed by atoms with Crippen molar-refractivity contribution in [2.75, 3.05) is 12.8 Å². The SMILES string of the molecule is Cc1ccccc1SCC(=O)N(C)Cc1ccco1. The van der Waals surface area contributed by atoms with Crippen molar-refractivity contribution in [3.05, 3.63) is 54.0 Å². The molecule has 0 saturated heterocycles. The molecule has 1 aromatic heterocycles. The molecule has 0 atom stereocenters. The first kappa shape index (κ1) is 13.7. The zero-order valence-electron chi connectivity index (χ0n) is 11.1. The molecule has 100 valence electrons. The van der Waals surface area contributed by atoms with Gasteiger partial charge >= 0.3 is 0 Å². The summed E-state index contributed by atoms with van der Waals surface area (Å²) in [6.45, 7) is 2.57. The Morgan fingerprint density at radius 1 is 1.26 bits per heavy atom. The van der Waals surface area contributed by atoms with Gasteiger partial charge < -0.3 is 9.32 Å². The van der Waals surface area contributed by atoms with E-state index in [9.17, 15) is 4.79 Å². The standard InChI is InChI=1S/C15H17NO2S/c1-12-6-3-4-8-14(12)19-11-15(17)16(2)10-13-7-5-9-18-13/h3-9H,10-11H2,1-2H3. The number of benzene rings is 1. The summed E-state index contributed by atoms with van der Waals surface area (Å²) in [5, 5.41) is 0. The van der Waals surface area contributed by atoms with Crippen molar-refractivity contribution in [3.8, 4) is 0 Å². The van der Waals surface area contributed by atoms with E-state index in [1.165, 1.54) is 5.56 Å². The van der Waals surface area contributed by atoms with Gasteiger partial charge in [-0.2, -0.15) is 0 Å². The van der Waals surface area contributed by atoms with Crippen LogP contribution >= 0.6 is 11.8 Å². The van der Waals surface area contributed by atoms with Gasteiger partial charge in [0, 0.05) is 11.9 Å². The molecule has 3 nitrogen and oxygen atoms in total. The average Bonchev–Trinajstić information content (AvgIpc) is 2.90. The van der Waals surface area contributed by atoms with Crippen LogP contribution in [-0.4, -0.2) is 23.6 Å². The molecule has 0 fully saturated rings. The zero-order valence-corrected chi connectivity index (χ0v) is 11.9. The lowest BCUT2D eigenvalue weighted by Gasteiger charge is -2.15. The number of carbonyl (C=O) groups excluding carboxylic acids is 1. The molecule has 0 aliphatic carbocycles. The second-order valence-corrected chi connectivity index (χ2v) is 5.40. The minimum absolute atomic E-state index is 0.102. The maximum atomic E-state index is 12.0. The second kappa shape index (κ2) is 6.48. The summed E-state index contributed by atoms with van der Waals surface area (Å²) in [5.74, 6) is 1.35. The molecule has 0 aliphatic rings. The van der Waals surface area contributed by atoms with Crippen molar-refractivity contribution in [2.24, 2.45) is 0 Å². The van der Waals surface area contributed by atoms with Crippen LogP contribution in [0.3, 0.4) is 0 Å². The third kappa shape index (κ3) is 3.89. The van der Waals surface area contributed by atoms with Crippen LogP contribution < -0.4 is 0 Å². The number of rotatable bonds is 5. The molecule has 0 radical (unpaired) electrons. The van der Waals surface area contributed by atoms with Crippen LogP contribution in [0.2, 0.25) is 0 Å². The third-order valence-electron chi connectivity index (χ3n) is 2.84. The van der Waals surface area contributed by atoms with Gasteiger partial charge in [0.1, 0.15) is 5.76 Å². The molecule has 1 heterocycles. The van der Waals surface area contributed by atoms with Crippen LogP contribution in [0.15, 0.2) is 52.0 Å². The van der Waals surface area contributed by atoms with Crippen LogP contribution in [0.5, 0.6) is 0 Å². The van der Waals surface area contributed by atoms with Gasteiger partial charge in [0.15, 0.2) is 0 Å². The monoisotopic (exact) mass is 275 g/mol. The first-order valence-corrected chi connectivity index (χ1v) is 7.10. The van der Waals surface area contributed by atoms with Crippen molar-refractivity contribution in [3.63, 3.8) is 0 Å².